The predicted octanol–water partition coefficient (Wildman–Crippen LogP) is 10.5. The van der Waals surface area contributed by atoms with Crippen LogP contribution in [0, 0.1) is 0 Å². The maximum absolute atomic E-state index is 12.5. The van der Waals surface area contributed by atoms with Gasteiger partial charge in [-0.05, 0) is 124 Å². The van der Waals surface area contributed by atoms with E-state index >= 15 is 0 Å². The zero-order chi connectivity index (χ0) is 34.6. The SMILES string of the molecule is CCOC(=O)CCCCC=CCCCCCCCCC(CCCCCCCCC=CCCCCC(=O)OC)OC(=O)CCCN(C)C. The molecule has 0 fully saturated rings. The number of rotatable bonds is 34. The van der Waals surface area contributed by atoms with Gasteiger partial charge in [0.1, 0.15) is 6.10 Å². The quantitative estimate of drug-likeness (QED) is 0.0293. The summed E-state index contributed by atoms with van der Waals surface area (Å²) in [7, 11) is 5.52. The molecule has 0 rings (SSSR count). The Morgan fingerprint density at radius 1 is 0.532 bits per heavy atom. The van der Waals surface area contributed by atoms with Gasteiger partial charge < -0.3 is 19.1 Å². The number of esters is 3. The molecule has 0 radical (unpaired) electrons. The molecule has 1 unspecified atom stereocenters. The Morgan fingerprint density at radius 3 is 1.38 bits per heavy atom. The maximum atomic E-state index is 12.5. The molecule has 0 aromatic carbocycles. The number of unbranched alkanes of at least 4 members (excludes halogenated alkanes) is 16. The minimum atomic E-state index is -0.114. The van der Waals surface area contributed by atoms with E-state index < -0.39 is 0 Å². The number of ether oxygens (including phenoxy) is 3. The lowest BCUT2D eigenvalue weighted by Gasteiger charge is -2.18. The van der Waals surface area contributed by atoms with E-state index in [1.54, 1.807) is 0 Å². The van der Waals surface area contributed by atoms with Crippen molar-refractivity contribution >= 4 is 17.9 Å². The van der Waals surface area contributed by atoms with Crippen molar-refractivity contribution in [3.63, 3.8) is 0 Å². The highest BCUT2D eigenvalue weighted by Gasteiger charge is 2.14. The van der Waals surface area contributed by atoms with Crippen LogP contribution in [0.2, 0.25) is 0 Å². The highest BCUT2D eigenvalue weighted by molar-refractivity contribution is 5.69. The molecule has 7 heteroatoms. The second kappa shape index (κ2) is 35.2. The summed E-state index contributed by atoms with van der Waals surface area (Å²) in [6.45, 7) is 3.23. The van der Waals surface area contributed by atoms with Crippen LogP contribution in [0.15, 0.2) is 24.3 Å². The minimum absolute atomic E-state index is 0.0274. The van der Waals surface area contributed by atoms with Gasteiger partial charge in [0.05, 0.1) is 13.7 Å². The predicted molar refractivity (Wildman–Crippen MR) is 195 cm³/mol. The first kappa shape index (κ1) is 44.9. The highest BCUT2D eigenvalue weighted by atomic mass is 16.5. The normalized spacial score (nSPS) is 12.3. The maximum Gasteiger partial charge on any atom is 0.306 e. The van der Waals surface area contributed by atoms with Gasteiger partial charge in [-0.3, -0.25) is 14.4 Å². The van der Waals surface area contributed by atoms with Crippen LogP contribution in [0.1, 0.15) is 174 Å². The van der Waals surface area contributed by atoms with Crippen LogP contribution < -0.4 is 0 Å². The first-order chi connectivity index (χ1) is 22.9. The van der Waals surface area contributed by atoms with Gasteiger partial charge in [0, 0.05) is 19.3 Å². The standard InChI is InChI=1S/C40H73NO6/c1-5-46-39(43)34-29-25-21-17-13-9-7-11-15-19-23-27-32-37(47-40(44)35-30-36-41(2)3)31-26-22-18-14-10-6-8-12-16-20-24-28-33-38(42)45-4/h12-13,16-17,37H,5-11,14-15,18-36H2,1-4H3. The number of carbonyl (C=O) groups is 3. The fraction of sp³-hybridized carbons (Fsp3) is 0.825. The molecular weight excluding hydrogens is 590 g/mol. The average molecular weight is 664 g/mol. The summed E-state index contributed by atoms with van der Waals surface area (Å²) in [5.74, 6) is -0.221. The molecular formula is C40H73NO6. The second-order valence-electron chi connectivity index (χ2n) is 13.2. The molecule has 47 heavy (non-hydrogen) atoms. The zero-order valence-electron chi connectivity index (χ0n) is 31.1. The van der Waals surface area contributed by atoms with E-state index in [-0.39, 0.29) is 24.0 Å². The topological polar surface area (TPSA) is 82.1 Å². The van der Waals surface area contributed by atoms with E-state index in [0.29, 0.717) is 25.9 Å². The summed E-state index contributed by atoms with van der Waals surface area (Å²) in [4.78, 5) is 37.1. The van der Waals surface area contributed by atoms with Crippen molar-refractivity contribution in [3.8, 4) is 0 Å². The van der Waals surface area contributed by atoms with Gasteiger partial charge >= 0.3 is 17.9 Å². The second-order valence-corrected chi connectivity index (χ2v) is 13.2. The Bertz CT molecular complexity index is 794. The summed E-state index contributed by atoms with van der Waals surface area (Å²) in [5.41, 5.74) is 0. The third-order valence-electron chi connectivity index (χ3n) is 8.45. The van der Waals surface area contributed by atoms with Crippen LogP contribution in [0.25, 0.3) is 0 Å². The number of allylic oxidation sites excluding steroid dienone is 4. The molecule has 0 bridgehead atoms. The highest BCUT2D eigenvalue weighted by Crippen LogP contribution is 2.18. The number of methoxy groups -OCH3 is 1. The van der Waals surface area contributed by atoms with Crippen molar-refractivity contribution in [2.75, 3.05) is 34.4 Å². The molecule has 0 saturated carbocycles. The molecule has 0 aromatic rings. The molecule has 0 aromatic heterocycles. The molecule has 0 amide bonds. The molecule has 0 heterocycles. The third-order valence-corrected chi connectivity index (χ3v) is 8.45. The van der Waals surface area contributed by atoms with Gasteiger partial charge in [-0.2, -0.15) is 0 Å². The van der Waals surface area contributed by atoms with Crippen LogP contribution in [0.3, 0.4) is 0 Å². The molecule has 7 nitrogen and oxygen atoms in total. The Labute approximate surface area is 289 Å². The molecule has 1 atom stereocenters. The lowest BCUT2D eigenvalue weighted by atomic mass is 10.0. The van der Waals surface area contributed by atoms with Crippen molar-refractivity contribution in [1.29, 1.82) is 0 Å². The summed E-state index contributed by atoms with van der Waals surface area (Å²) >= 11 is 0. The van der Waals surface area contributed by atoms with Gasteiger partial charge in [0.2, 0.25) is 0 Å². The van der Waals surface area contributed by atoms with E-state index in [9.17, 15) is 14.4 Å². The first-order valence-corrected chi connectivity index (χ1v) is 19.3. The molecule has 0 saturated heterocycles. The van der Waals surface area contributed by atoms with Crippen LogP contribution in [-0.4, -0.2) is 63.3 Å². The van der Waals surface area contributed by atoms with Crippen molar-refractivity contribution < 1.29 is 28.6 Å². The molecule has 0 aliphatic carbocycles. The van der Waals surface area contributed by atoms with Crippen molar-refractivity contribution in [2.45, 2.75) is 180 Å². The largest absolute Gasteiger partial charge is 0.469 e. The lowest BCUT2D eigenvalue weighted by molar-refractivity contribution is -0.150. The molecule has 0 aliphatic heterocycles. The Morgan fingerprint density at radius 2 is 0.936 bits per heavy atom. The van der Waals surface area contributed by atoms with Gasteiger partial charge in [-0.25, -0.2) is 0 Å². The smallest absolute Gasteiger partial charge is 0.306 e. The molecule has 0 aliphatic rings. The van der Waals surface area contributed by atoms with E-state index in [4.69, 9.17) is 9.47 Å². The molecule has 0 N–H and O–H groups in total. The molecule has 274 valence electrons. The molecule has 0 spiro atoms. The van der Waals surface area contributed by atoms with E-state index in [0.717, 1.165) is 90.0 Å². The van der Waals surface area contributed by atoms with Crippen molar-refractivity contribution in [2.24, 2.45) is 0 Å². The summed E-state index contributed by atoms with van der Waals surface area (Å²) < 4.78 is 15.6. The Hall–Kier alpha value is -2.15. The van der Waals surface area contributed by atoms with Crippen molar-refractivity contribution in [1.82, 2.24) is 4.90 Å². The van der Waals surface area contributed by atoms with Gasteiger partial charge in [-0.15, -0.1) is 0 Å². The van der Waals surface area contributed by atoms with Crippen LogP contribution >= 0.6 is 0 Å². The number of nitrogens with zero attached hydrogens (tertiary/aromatic N) is 1. The monoisotopic (exact) mass is 664 g/mol. The van der Waals surface area contributed by atoms with E-state index in [2.05, 4.69) is 33.9 Å². The van der Waals surface area contributed by atoms with Gasteiger partial charge in [-0.1, -0.05) is 75.7 Å². The fourth-order valence-corrected chi connectivity index (χ4v) is 5.60. The summed E-state index contributed by atoms with van der Waals surface area (Å²) in [5, 5.41) is 0. The van der Waals surface area contributed by atoms with E-state index in [1.807, 2.05) is 21.0 Å². The average Bonchev–Trinajstić information content (AvgIpc) is 3.04. The zero-order valence-corrected chi connectivity index (χ0v) is 31.1. The van der Waals surface area contributed by atoms with Crippen LogP contribution in [-0.2, 0) is 28.6 Å². The lowest BCUT2D eigenvalue weighted by Crippen LogP contribution is -2.20. The van der Waals surface area contributed by atoms with Gasteiger partial charge in [0.15, 0.2) is 0 Å². The van der Waals surface area contributed by atoms with Crippen molar-refractivity contribution in [3.05, 3.63) is 24.3 Å². The Balaban J connectivity index is 4.00. The summed E-state index contributed by atoms with van der Waals surface area (Å²) in [6, 6.07) is 0. The van der Waals surface area contributed by atoms with Crippen LogP contribution in [0.5, 0.6) is 0 Å². The first-order valence-electron chi connectivity index (χ1n) is 19.3. The Kier molecular flexibility index (Phi) is 33.6. The number of hydrogen-bond acceptors (Lipinski definition) is 7. The third kappa shape index (κ3) is 35.0. The fourth-order valence-electron chi connectivity index (χ4n) is 5.60. The number of hydrogen-bond donors (Lipinski definition) is 0. The van der Waals surface area contributed by atoms with E-state index in [1.165, 1.54) is 71.3 Å². The number of carbonyl (C=O) groups excluding carboxylic acids is 3. The van der Waals surface area contributed by atoms with Crippen LogP contribution in [0.4, 0.5) is 0 Å². The minimum Gasteiger partial charge on any atom is -0.469 e. The van der Waals surface area contributed by atoms with Gasteiger partial charge in [0.25, 0.3) is 0 Å². The summed E-state index contributed by atoms with van der Waals surface area (Å²) in [6.07, 6.45) is 36.6.